The van der Waals surface area contributed by atoms with Gasteiger partial charge in [-0.05, 0) is 37.9 Å². The summed E-state index contributed by atoms with van der Waals surface area (Å²) in [7, 11) is 0. The molecule has 2 atom stereocenters. The van der Waals surface area contributed by atoms with Crippen molar-refractivity contribution in [2.75, 3.05) is 26.2 Å². The van der Waals surface area contributed by atoms with Crippen LogP contribution in [-0.2, 0) is 0 Å². The quantitative estimate of drug-likeness (QED) is 0.425. The zero-order valence-electron chi connectivity index (χ0n) is 17.2. The van der Waals surface area contributed by atoms with Crippen LogP contribution in [0.4, 0.5) is 0 Å². The van der Waals surface area contributed by atoms with Gasteiger partial charge in [0.05, 0.1) is 11.7 Å². The summed E-state index contributed by atoms with van der Waals surface area (Å²) in [4.78, 5) is 18.3. The molecule has 0 aliphatic carbocycles. The Kier molecular flexibility index (Phi) is 11.1. The highest BCUT2D eigenvalue weighted by atomic mass is 16.3. The van der Waals surface area contributed by atoms with Crippen molar-refractivity contribution in [3.05, 3.63) is 30.1 Å². The third-order valence-electron chi connectivity index (χ3n) is 5.50. The van der Waals surface area contributed by atoms with Crippen LogP contribution in [0.2, 0.25) is 0 Å². The molecule has 0 aromatic carbocycles. The second kappa shape index (κ2) is 13.6. The van der Waals surface area contributed by atoms with E-state index in [2.05, 4.69) is 15.2 Å². The zero-order chi connectivity index (χ0) is 20.0. The first-order valence-electron chi connectivity index (χ1n) is 11.0. The van der Waals surface area contributed by atoms with Crippen LogP contribution >= 0.6 is 0 Å². The third kappa shape index (κ3) is 9.62. The maximum absolute atomic E-state index is 11.9. The van der Waals surface area contributed by atoms with Gasteiger partial charge in [-0.25, -0.2) is 0 Å². The van der Waals surface area contributed by atoms with Crippen molar-refractivity contribution in [3.8, 4) is 0 Å². The summed E-state index contributed by atoms with van der Waals surface area (Å²) >= 11 is 0. The van der Waals surface area contributed by atoms with Crippen molar-refractivity contribution in [3.63, 3.8) is 0 Å². The molecule has 158 valence electrons. The smallest absolute Gasteiger partial charge is 0.252 e. The van der Waals surface area contributed by atoms with Gasteiger partial charge >= 0.3 is 0 Å². The summed E-state index contributed by atoms with van der Waals surface area (Å²) < 4.78 is 0. The number of carbonyl (C=O) groups excluding carboxylic acids is 1. The molecule has 1 saturated heterocycles. The van der Waals surface area contributed by atoms with Crippen LogP contribution in [0.1, 0.15) is 74.6 Å². The Morgan fingerprint density at radius 3 is 2.57 bits per heavy atom. The number of hydrogen-bond acceptors (Lipinski definition) is 5. The first kappa shape index (κ1) is 22.8. The lowest BCUT2D eigenvalue weighted by atomic mass is 10.0. The van der Waals surface area contributed by atoms with Crippen molar-refractivity contribution >= 4 is 5.91 Å². The van der Waals surface area contributed by atoms with Crippen molar-refractivity contribution in [1.29, 1.82) is 0 Å². The molecule has 1 aromatic heterocycles. The average molecular weight is 391 g/mol. The molecule has 0 radical (unpaired) electrons. The van der Waals surface area contributed by atoms with E-state index in [-0.39, 0.29) is 18.1 Å². The topological polar surface area (TPSA) is 91.5 Å². The summed E-state index contributed by atoms with van der Waals surface area (Å²) in [5.74, 6) is -0.107. The van der Waals surface area contributed by atoms with Gasteiger partial charge in [0.1, 0.15) is 0 Å². The number of nitrogens with two attached hydrogens (primary N) is 1. The van der Waals surface area contributed by atoms with Gasteiger partial charge in [0.15, 0.2) is 0 Å². The first-order chi connectivity index (χ1) is 13.6. The maximum atomic E-state index is 11.9. The number of nitrogens with zero attached hydrogens (tertiary/aromatic N) is 2. The Hall–Kier alpha value is -1.50. The number of likely N-dealkylation sites (tertiary alicyclic amines) is 1. The van der Waals surface area contributed by atoms with Gasteiger partial charge in [0, 0.05) is 38.1 Å². The fraction of sp³-hybridized carbons (Fsp3) is 0.727. The van der Waals surface area contributed by atoms with Crippen LogP contribution in [0.3, 0.4) is 0 Å². The van der Waals surface area contributed by atoms with E-state index in [9.17, 15) is 9.90 Å². The van der Waals surface area contributed by atoms with Gasteiger partial charge < -0.3 is 21.1 Å². The molecule has 2 heterocycles. The molecular weight excluding hydrogens is 352 g/mol. The number of nitrogens with one attached hydrogen (secondary N) is 1. The van der Waals surface area contributed by atoms with Crippen LogP contribution in [0.15, 0.2) is 24.5 Å². The molecule has 4 N–H and O–H groups in total. The first-order valence-corrected chi connectivity index (χ1v) is 11.0. The van der Waals surface area contributed by atoms with Gasteiger partial charge in [-0.1, -0.05) is 44.9 Å². The molecular formula is C22H38N4O2. The predicted octanol–water partition coefficient (Wildman–Crippen LogP) is 2.72. The van der Waals surface area contributed by atoms with Crippen molar-refractivity contribution < 1.29 is 9.90 Å². The molecule has 1 aliphatic rings. The summed E-state index contributed by atoms with van der Waals surface area (Å²) in [5.41, 5.74) is 6.68. The molecule has 0 saturated carbocycles. The van der Waals surface area contributed by atoms with E-state index in [1.807, 2.05) is 0 Å². The van der Waals surface area contributed by atoms with Crippen molar-refractivity contribution in [2.24, 2.45) is 5.73 Å². The fourth-order valence-corrected chi connectivity index (χ4v) is 3.74. The Morgan fingerprint density at radius 1 is 1.21 bits per heavy atom. The lowest BCUT2D eigenvalue weighted by Crippen LogP contribution is -2.37. The minimum absolute atomic E-state index is 0.0183. The lowest BCUT2D eigenvalue weighted by molar-refractivity contribution is 0.0950. The van der Waals surface area contributed by atoms with Gasteiger partial charge in [-0.3, -0.25) is 9.78 Å². The van der Waals surface area contributed by atoms with E-state index in [4.69, 9.17) is 5.73 Å². The number of rotatable bonds is 14. The second-order valence-corrected chi connectivity index (χ2v) is 8.07. The minimum atomic E-state index is -0.107. The maximum Gasteiger partial charge on any atom is 0.252 e. The number of pyridine rings is 1. The van der Waals surface area contributed by atoms with E-state index in [0.717, 1.165) is 38.9 Å². The van der Waals surface area contributed by atoms with Crippen LogP contribution < -0.4 is 11.1 Å². The fourth-order valence-electron chi connectivity index (χ4n) is 3.74. The third-order valence-corrected chi connectivity index (χ3v) is 5.50. The van der Waals surface area contributed by atoms with E-state index in [1.54, 1.807) is 24.5 Å². The molecule has 1 unspecified atom stereocenters. The SMILES string of the molecule is NC(CCCCCCCCCCN1CC[C@H](O)C1)CNC(=O)c1cccnc1. The molecule has 1 aromatic rings. The zero-order valence-corrected chi connectivity index (χ0v) is 17.2. The molecule has 1 fully saturated rings. The molecule has 1 aliphatic heterocycles. The largest absolute Gasteiger partial charge is 0.392 e. The van der Waals surface area contributed by atoms with Crippen molar-refractivity contribution in [1.82, 2.24) is 15.2 Å². The number of aliphatic hydroxyl groups excluding tert-OH is 1. The summed E-state index contributed by atoms with van der Waals surface area (Å²) in [6.07, 6.45) is 15.1. The molecule has 6 nitrogen and oxygen atoms in total. The van der Waals surface area contributed by atoms with E-state index in [1.165, 1.54) is 44.9 Å². The van der Waals surface area contributed by atoms with Gasteiger partial charge in [0.25, 0.3) is 5.91 Å². The minimum Gasteiger partial charge on any atom is -0.392 e. The number of amides is 1. The highest BCUT2D eigenvalue weighted by Crippen LogP contribution is 2.13. The van der Waals surface area contributed by atoms with Gasteiger partial charge in [0.2, 0.25) is 0 Å². The summed E-state index contributed by atoms with van der Waals surface area (Å²) in [5, 5.41) is 12.4. The normalized spacial score (nSPS) is 18.3. The van der Waals surface area contributed by atoms with Crippen LogP contribution in [-0.4, -0.2) is 59.2 Å². The Morgan fingerprint density at radius 2 is 1.93 bits per heavy atom. The van der Waals surface area contributed by atoms with Crippen molar-refractivity contribution in [2.45, 2.75) is 76.4 Å². The van der Waals surface area contributed by atoms with E-state index in [0.29, 0.717) is 12.1 Å². The number of carbonyl (C=O) groups is 1. The monoisotopic (exact) mass is 390 g/mol. The highest BCUT2D eigenvalue weighted by molar-refractivity contribution is 5.93. The molecule has 28 heavy (non-hydrogen) atoms. The summed E-state index contributed by atoms with van der Waals surface area (Å²) in [6.45, 7) is 3.60. The highest BCUT2D eigenvalue weighted by Gasteiger charge is 2.18. The lowest BCUT2D eigenvalue weighted by Gasteiger charge is -2.14. The van der Waals surface area contributed by atoms with Crippen LogP contribution in [0.25, 0.3) is 0 Å². The number of unbranched alkanes of at least 4 members (excludes halogenated alkanes) is 7. The second-order valence-electron chi connectivity index (χ2n) is 8.07. The molecule has 6 heteroatoms. The average Bonchev–Trinajstić information content (AvgIpc) is 3.13. The Labute approximate surface area is 169 Å². The molecule has 2 rings (SSSR count). The van der Waals surface area contributed by atoms with Crippen LogP contribution in [0.5, 0.6) is 0 Å². The number of β-amino-alcohol motifs (C(OH)–C–C–N with tert-alkyl or cyclic N) is 1. The number of aliphatic hydroxyl groups is 1. The van der Waals surface area contributed by atoms with E-state index < -0.39 is 0 Å². The van der Waals surface area contributed by atoms with Gasteiger partial charge in [-0.15, -0.1) is 0 Å². The predicted molar refractivity (Wildman–Crippen MR) is 113 cm³/mol. The van der Waals surface area contributed by atoms with E-state index >= 15 is 0 Å². The van der Waals surface area contributed by atoms with Gasteiger partial charge in [-0.2, -0.15) is 0 Å². The summed E-state index contributed by atoms with van der Waals surface area (Å²) in [6, 6.07) is 3.53. The number of aromatic nitrogens is 1. The standard InChI is InChI=1S/C22H38N4O2/c23-20(17-25-22(28)19-10-9-13-24-16-19)11-7-5-3-1-2-4-6-8-14-26-15-12-21(27)18-26/h9-10,13,16,20-21,27H,1-8,11-12,14-15,17-18,23H2,(H,25,28)/t20?,21-/m0/s1. The van der Waals surface area contributed by atoms with Crippen LogP contribution in [0, 0.1) is 0 Å². The molecule has 0 bridgehead atoms. The Bertz CT molecular complexity index is 541. The number of hydrogen-bond donors (Lipinski definition) is 3. The Balaban J connectivity index is 1.35. The molecule has 1 amide bonds. The molecule has 0 spiro atoms.